The first kappa shape index (κ1) is 16.2. The van der Waals surface area contributed by atoms with Crippen molar-refractivity contribution in [1.29, 1.82) is 0 Å². The molecule has 94 valence electrons. The molecule has 0 amide bonds. The summed E-state index contributed by atoms with van der Waals surface area (Å²) in [5, 5.41) is 8.52. The molecule has 2 aromatic rings. The molecule has 2 aromatic carbocycles. The van der Waals surface area contributed by atoms with Crippen LogP contribution in [-0.4, -0.2) is 11.7 Å². The molecule has 0 fully saturated rings. The van der Waals surface area contributed by atoms with Crippen molar-refractivity contribution in [3.05, 3.63) is 60.2 Å². The molecule has 0 saturated carbocycles. The summed E-state index contributed by atoms with van der Waals surface area (Å²) in [6.07, 6.45) is 4.44. The van der Waals surface area contributed by atoms with Gasteiger partial charge in [0, 0.05) is 6.61 Å². The Bertz CT molecular complexity index is 293. The van der Waals surface area contributed by atoms with Crippen LogP contribution in [0.4, 0.5) is 0 Å². The second kappa shape index (κ2) is 11.7. The van der Waals surface area contributed by atoms with Crippen LogP contribution < -0.4 is 0 Å². The third kappa shape index (κ3) is 8.93. The molecule has 0 aliphatic rings. The Balaban J connectivity index is 0.000000360. The first-order valence-electron chi connectivity index (χ1n) is 5.91. The summed E-state index contributed by atoms with van der Waals surface area (Å²) in [5.41, 5.74) is 1.42. The molecule has 0 atom stereocenters. The summed E-state index contributed by atoms with van der Waals surface area (Å²) in [6.45, 7) is 0.334. The van der Waals surface area contributed by atoms with E-state index in [1.54, 1.807) is 0 Å². The molecule has 0 heterocycles. The van der Waals surface area contributed by atoms with Gasteiger partial charge < -0.3 is 5.11 Å². The van der Waals surface area contributed by atoms with Gasteiger partial charge in [0.1, 0.15) is 0 Å². The summed E-state index contributed by atoms with van der Waals surface area (Å²) < 4.78 is 0. The average Bonchev–Trinajstić information content (AvgIpc) is 2.99. The van der Waals surface area contributed by atoms with Crippen molar-refractivity contribution in [2.75, 3.05) is 6.61 Å². The Morgan fingerprint density at radius 3 is 2.18 bits per heavy atom. The molecule has 0 unspecified atom stereocenters. The number of hydrogen-bond acceptors (Lipinski definition) is 1. The molecule has 0 aromatic heterocycles. The summed E-state index contributed by atoms with van der Waals surface area (Å²) in [6, 6.07) is 18.4. The van der Waals surface area contributed by atoms with Gasteiger partial charge in [-0.05, 0) is 6.42 Å². The molecule has 1 N–H and O–H groups in total. The number of unbranched alkanes of at least 4 members (excludes halogenated alkanes) is 2. The molecule has 0 aliphatic heterocycles. The summed E-state index contributed by atoms with van der Waals surface area (Å²) in [5.74, 6) is 0. The van der Waals surface area contributed by atoms with Gasteiger partial charge in [0.05, 0.1) is 0 Å². The maximum atomic E-state index is 8.52. The zero-order chi connectivity index (χ0) is 11.5. The smallest absolute Gasteiger partial charge is 0.396 e. The molecule has 0 spiro atoms. The number of aliphatic hydroxyl groups is 1. The van der Waals surface area contributed by atoms with E-state index >= 15 is 0 Å². The van der Waals surface area contributed by atoms with E-state index in [9.17, 15) is 0 Å². The maximum Gasteiger partial charge on any atom is 2.00 e. The van der Waals surface area contributed by atoms with E-state index in [0.717, 1.165) is 19.3 Å². The molecule has 0 bridgehead atoms. The fraction of sp³-hybridized carbons (Fsp3) is 0.333. The standard InChI is InChI=1S/C10H15O.C5H5.Fe/c11-9-5-1-2-6-10-7-3-4-8-10;1-2-4-5-3-1;/h3-4,7-8,11H,1-2,5-6,9H2;1-5H;/q2*-1;+2. The van der Waals surface area contributed by atoms with Crippen LogP contribution in [0.5, 0.6) is 0 Å². The van der Waals surface area contributed by atoms with Crippen molar-refractivity contribution in [2.45, 2.75) is 25.7 Å². The number of hydrogen-bond donors (Lipinski definition) is 1. The van der Waals surface area contributed by atoms with Crippen LogP contribution in [0, 0.1) is 0 Å². The minimum atomic E-state index is 0. The van der Waals surface area contributed by atoms with Gasteiger partial charge in [0.25, 0.3) is 0 Å². The van der Waals surface area contributed by atoms with Crippen LogP contribution in [0.15, 0.2) is 54.6 Å². The van der Waals surface area contributed by atoms with E-state index < -0.39 is 0 Å². The maximum absolute atomic E-state index is 8.52. The van der Waals surface area contributed by atoms with E-state index in [2.05, 4.69) is 24.3 Å². The number of aryl methyl sites for hydroxylation is 1. The van der Waals surface area contributed by atoms with Crippen molar-refractivity contribution in [2.24, 2.45) is 0 Å². The zero-order valence-electron chi connectivity index (χ0n) is 10.0. The summed E-state index contributed by atoms with van der Waals surface area (Å²) in [4.78, 5) is 0. The fourth-order valence-corrected chi connectivity index (χ4v) is 1.52. The molecular weight excluding hydrogens is 252 g/mol. The quantitative estimate of drug-likeness (QED) is 0.501. The Morgan fingerprint density at radius 1 is 0.941 bits per heavy atom. The largest absolute Gasteiger partial charge is 2.00 e. The minimum Gasteiger partial charge on any atom is -0.396 e. The number of rotatable bonds is 5. The predicted octanol–water partition coefficient (Wildman–Crippen LogP) is 3.51. The normalized spacial score (nSPS) is 9.00. The van der Waals surface area contributed by atoms with Gasteiger partial charge in [-0.2, -0.15) is 35.9 Å². The van der Waals surface area contributed by atoms with Crippen LogP contribution >= 0.6 is 0 Å². The Labute approximate surface area is 115 Å². The second-order valence-electron chi connectivity index (χ2n) is 3.79. The van der Waals surface area contributed by atoms with Gasteiger partial charge in [-0.15, -0.1) is 0 Å². The molecule has 17 heavy (non-hydrogen) atoms. The van der Waals surface area contributed by atoms with E-state index in [4.69, 9.17) is 5.11 Å². The third-order valence-corrected chi connectivity index (χ3v) is 2.41. The van der Waals surface area contributed by atoms with Crippen molar-refractivity contribution < 1.29 is 22.2 Å². The SMILES string of the molecule is OCCCCCc1ccc[cH-]1.[Fe+2].c1cc[cH-]c1. The van der Waals surface area contributed by atoms with Gasteiger partial charge in [-0.1, -0.05) is 19.3 Å². The minimum absolute atomic E-state index is 0. The first-order chi connectivity index (χ1) is 7.93. The summed E-state index contributed by atoms with van der Waals surface area (Å²) in [7, 11) is 0. The topological polar surface area (TPSA) is 20.2 Å². The molecular formula is C15H20FeO. The fourth-order valence-electron chi connectivity index (χ4n) is 1.52. The first-order valence-corrected chi connectivity index (χ1v) is 5.91. The van der Waals surface area contributed by atoms with E-state index in [0.29, 0.717) is 6.61 Å². The average molecular weight is 272 g/mol. The van der Waals surface area contributed by atoms with Crippen molar-refractivity contribution in [3.63, 3.8) is 0 Å². The van der Waals surface area contributed by atoms with Crippen LogP contribution in [0.1, 0.15) is 24.8 Å². The summed E-state index contributed by atoms with van der Waals surface area (Å²) >= 11 is 0. The Kier molecular flexibility index (Phi) is 11.1. The van der Waals surface area contributed by atoms with Gasteiger partial charge in [0.15, 0.2) is 0 Å². The van der Waals surface area contributed by atoms with Gasteiger partial charge in [-0.25, -0.2) is 24.3 Å². The van der Waals surface area contributed by atoms with Crippen molar-refractivity contribution in [1.82, 2.24) is 0 Å². The molecule has 0 radical (unpaired) electrons. The van der Waals surface area contributed by atoms with Crippen molar-refractivity contribution >= 4 is 0 Å². The van der Waals surface area contributed by atoms with E-state index in [1.165, 1.54) is 12.0 Å². The zero-order valence-corrected chi connectivity index (χ0v) is 11.1. The molecule has 2 rings (SSSR count). The van der Waals surface area contributed by atoms with E-state index in [1.807, 2.05) is 30.3 Å². The van der Waals surface area contributed by atoms with Gasteiger partial charge in [0.2, 0.25) is 0 Å². The Morgan fingerprint density at radius 2 is 1.71 bits per heavy atom. The molecule has 2 heteroatoms. The Hall–Kier alpha value is -0.821. The van der Waals surface area contributed by atoms with Crippen LogP contribution in [0.2, 0.25) is 0 Å². The second-order valence-corrected chi connectivity index (χ2v) is 3.79. The monoisotopic (exact) mass is 272 g/mol. The van der Waals surface area contributed by atoms with Crippen LogP contribution in [0.25, 0.3) is 0 Å². The third-order valence-electron chi connectivity index (χ3n) is 2.41. The molecule has 1 nitrogen and oxygen atoms in total. The predicted molar refractivity (Wildman–Crippen MR) is 68.7 cm³/mol. The molecule has 0 aliphatic carbocycles. The molecule has 0 saturated heterocycles. The van der Waals surface area contributed by atoms with E-state index in [-0.39, 0.29) is 17.1 Å². The van der Waals surface area contributed by atoms with Crippen molar-refractivity contribution in [3.8, 4) is 0 Å². The van der Waals surface area contributed by atoms with Crippen LogP contribution in [-0.2, 0) is 23.5 Å². The van der Waals surface area contributed by atoms with Crippen LogP contribution in [0.3, 0.4) is 0 Å². The number of aliphatic hydroxyl groups excluding tert-OH is 1. The van der Waals surface area contributed by atoms with Gasteiger partial charge in [-0.3, -0.25) is 0 Å². The van der Waals surface area contributed by atoms with Gasteiger partial charge >= 0.3 is 17.1 Å².